The lowest BCUT2D eigenvalue weighted by atomic mass is 10.1. The second-order valence-electron chi connectivity index (χ2n) is 4.96. The van der Waals surface area contributed by atoms with E-state index in [9.17, 15) is 0 Å². The Balaban J connectivity index is 2.06. The monoisotopic (exact) mass is 348 g/mol. The molecule has 1 atom stereocenters. The summed E-state index contributed by atoms with van der Waals surface area (Å²) in [5.41, 5.74) is 1.85. The van der Waals surface area contributed by atoms with Gasteiger partial charge in [0, 0.05) is 12.4 Å². The molecule has 3 rings (SSSR count). The third-order valence-corrected chi connectivity index (χ3v) is 3.99. The number of aryl methyl sites for hydroxylation is 1. The second-order valence-corrected chi connectivity index (χ2v) is 5.71. The third-order valence-electron chi connectivity index (χ3n) is 3.43. The number of fused-ring (bicyclic) bond motifs is 1. The number of hydrogen-bond acceptors (Lipinski definition) is 4. The molecule has 0 amide bonds. The Morgan fingerprint density at radius 2 is 2.19 bits per heavy atom. The topological polar surface area (TPSA) is 55.9 Å². The largest absolute Gasteiger partial charge is 0.459 e. The van der Waals surface area contributed by atoms with Crippen molar-refractivity contribution in [1.82, 2.24) is 20.3 Å². The lowest BCUT2D eigenvalue weighted by Crippen LogP contribution is -2.25. The highest BCUT2D eigenvalue weighted by molar-refractivity contribution is 9.10. The van der Waals surface area contributed by atoms with Crippen LogP contribution in [-0.2, 0) is 7.05 Å². The van der Waals surface area contributed by atoms with Crippen LogP contribution in [0.15, 0.2) is 39.4 Å². The molecule has 2 aromatic heterocycles. The molecule has 2 heterocycles. The molecule has 0 saturated carbocycles. The van der Waals surface area contributed by atoms with Crippen molar-refractivity contribution in [1.29, 1.82) is 0 Å². The minimum absolute atomic E-state index is 0.0771. The molecule has 21 heavy (non-hydrogen) atoms. The maximum atomic E-state index is 6.01. The summed E-state index contributed by atoms with van der Waals surface area (Å²) in [5, 5.41) is 12.7. The van der Waals surface area contributed by atoms with E-state index in [4.69, 9.17) is 4.42 Å². The van der Waals surface area contributed by atoms with E-state index in [1.807, 2.05) is 25.2 Å². The standard InChI is InChI=1S/C15H17BrN4O/c1-3-8-17-13(14-15(16)18-19-20(14)2)12-9-10-6-4-5-7-11(10)21-12/h4-7,9,13,17H,3,8H2,1-2H3. The third kappa shape index (κ3) is 2.73. The zero-order valence-electron chi connectivity index (χ0n) is 12.0. The summed E-state index contributed by atoms with van der Waals surface area (Å²) in [7, 11) is 1.89. The van der Waals surface area contributed by atoms with Crippen LogP contribution in [0.25, 0.3) is 11.0 Å². The number of nitrogens with one attached hydrogen (secondary N) is 1. The first-order valence-corrected chi connectivity index (χ1v) is 7.77. The van der Waals surface area contributed by atoms with Gasteiger partial charge in [-0.15, -0.1) is 5.10 Å². The fourth-order valence-electron chi connectivity index (χ4n) is 2.41. The van der Waals surface area contributed by atoms with E-state index in [1.165, 1.54) is 0 Å². The zero-order chi connectivity index (χ0) is 14.8. The van der Waals surface area contributed by atoms with E-state index in [0.717, 1.165) is 40.0 Å². The van der Waals surface area contributed by atoms with Crippen LogP contribution in [0.1, 0.15) is 30.8 Å². The van der Waals surface area contributed by atoms with Crippen LogP contribution in [-0.4, -0.2) is 21.5 Å². The molecule has 0 bridgehead atoms. The smallest absolute Gasteiger partial charge is 0.153 e. The van der Waals surface area contributed by atoms with Gasteiger partial charge in [0.05, 0.1) is 5.69 Å². The quantitative estimate of drug-likeness (QED) is 0.767. The van der Waals surface area contributed by atoms with Crippen LogP contribution in [0.5, 0.6) is 0 Å². The van der Waals surface area contributed by atoms with Gasteiger partial charge in [0.15, 0.2) is 4.60 Å². The zero-order valence-corrected chi connectivity index (χ0v) is 13.6. The molecule has 0 spiro atoms. The fraction of sp³-hybridized carbons (Fsp3) is 0.333. The summed E-state index contributed by atoms with van der Waals surface area (Å²) in [4.78, 5) is 0. The van der Waals surface area contributed by atoms with Crippen LogP contribution in [0.3, 0.4) is 0 Å². The summed E-state index contributed by atoms with van der Waals surface area (Å²) in [6, 6.07) is 10.0. The Kier molecular flexibility index (Phi) is 4.07. The van der Waals surface area contributed by atoms with Gasteiger partial charge in [0.1, 0.15) is 17.4 Å². The molecule has 0 aliphatic heterocycles. The Morgan fingerprint density at radius 3 is 2.86 bits per heavy atom. The van der Waals surface area contributed by atoms with Crippen molar-refractivity contribution in [3.63, 3.8) is 0 Å². The first-order valence-electron chi connectivity index (χ1n) is 6.97. The maximum Gasteiger partial charge on any atom is 0.153 e. The SMILES string of the molecule is CCCNC(c1cc2ccccc2o1)c1c(Br)nnn1C. The highest BCUT2D eigenvalue weighted by Gasteiger charge is 2.24. The molecule has 0 aliphatic rings. The molecule has 5 nitrogen and oxygen atoms in total. The first kappa shape index (κ1) is 14.3. The summed E-state index contributed by atoms with van der Waals surface area (Å²) in [6.45, 7) is 3.03. The summed E-state index contributed by atoms with van der Waals surface area (Å²) in [6.07, 6.45) is 1.04. The number of aromatic nitrogens is 3. The number of para-hydroxylation sites is 1. The minimum atomic E-state index is -0.0771. The molecule has 3 aromatic rings. The Morgan fingerprint density at radius 1 is 1.38 bits per heavy atom. The van der Waals surface area contributed by atoms with Gasteiger partial charge in [0.2, 0.25) is 0 Å². The molecule has 6 heteroatoms. The predicted octanol–water partition coefficient (Wildman–Crippen LogP) is 3.41. The average Bonchev–Trinajstić information content (AvgIpc) is 3.05. The number of benzene rings is 1. The van der Waals surface area contributed by atoms with E-state index in [1.54, 1.807) is 4.68 Å². The van der Waals surface area contributed by atoms with Gasteiger partial charge in [-0.3, -0.25) is 0 Å². The van der Waals surface area contributed by atoms with Crippen LogP contribution in [0.4, 0.5) is 0 Å². The lowest BCUT2D eigenvalue weighted by molar-refractivity contribution is 0.450. The Hall–Kier alpha value is -1.66. The van der Waals surface area contributed by atoms with Gasteiger partial charge < -0.3 is 9.73 Å². The molecule has 1 aromatic carbocycles. The molecule has 0 aliphatic carbocycles. The number of furan rings is 1. The molecule has 1 unspecified atom stereocenters. The number of rotatable bonds is 5. The highest BCUT2D eigenvalue weighted by Crippen LogP contribution is 2.30. The van der Waals surface area contributed by atoms with Crippen molar-refractivity contribution in [2.45, 2.75) is 19.4 Å². The van der Waals surface area contributed by atoms with E-state index < -0.39 is 0 Å². The van der Waals surface area contributed by atoms with Crippen LogP contribution in [0, 0.1) is 0 Å². The first-order chi connectivity index (χ1) is 10.2. The molecule has 0 radical (unpaired) electrons. The predicted molar refractivity (Wildman–Crippen MR) is 85.1 cm³/mol. The van der Waals surface area contributed by atoms with Crippen molar-refractivity contribution >= 4 is 26.9 Å². The van der Waals surface area contributed by atoms with Crippen LogP contribution < -0.4 is 5.32 Å². The van der Waals surface area contributed by atoms with Crippen molar-refractivity contribution in [2.24, 2.45) is 7.05 Å². The second kappa shape index (κ2) is 5.99. The fourth-order valence-corrected chi connectivity index (χ4v) is 2.97. The molecular formula is C15H17BrN4O. The van der Waals surface area contributed by atoms with Gasteiger partial charge >= 0.3 is 0 Å². The number of halogens is 1. The maximum absolute atomic E-state index is 6.01. The van der Waals surface area contributed by atoms with E-state index in [2.05, 4.69) is 50.6 Å². The highest BCUT2D eigenvalue weighted by atomic mass is 79.9. The van der Waals surface area contributed by atoms with Gasteiger partial charge in [-0.1, -0.05) is 30.3 Å². The molecule has 1 N–H and O–H groups in total. The van der Waals surface area contributed by atoms with Crippen LogP contribution in [0.2, 0.25) is 0 Å². The van der Waals surface area contributed by atoms with Crippen molar-refractivity contribution in [3.8, 4) is 0 Å². The summed E-state index contributed by atoms with van der Waals surface area (Å²) >= 11 is 3.47. The normalized spacial score (nSPS) is 12.9. The van der Waals surface area contributed by atoms with Crippen molar-refractivity contribution in [3.05, 3.63) is 46.4 Å². The van der Waals surface area contributed by atoms with E-state index >= 15 is 0 Å². The minimum Gasteiger partial charge on any atom is -0.459 e. The van der Waals surface area contributed by atoms with Gasteiger partial charge in [-0.25, -0.2) is 4.68 Å². The number of hydrogen-bond donors (Lipinski definition) is 1. The van der Waals surface area contributed by atoms with Gasteiger partial charge in [0.25, 0.3) is 0 Å². The molecule has 0 fully saturated rings. The van der Waals surface area contributed by atoms with E-state index in [-0.39, 0.29) is 6.04 Å². The van der Waals surface area contributed by atoms with Gasteiger partial charge in [-0.2, -0.15) is 0 Å². The number of nitrogens with zero attached hydrogens (tertiary/aromatic N) is 3. The summed E-state index contributed by atoms with van der Waals surface area (Å²) in [5.74, 6) is 0.871. The average molecular weight is 349 g/mol. The van der Waals surface area contributed by atoms with Crippen molar-refractivity contribution in [2.75, 3.05) is 6.54 Å². The van der Waals surface area contributed by atoms with Crippen molar-refractivity contribution < 1.29 is 4.42 Å². The molecule has 0 saturated heterocycles. The van der Waals surface area contributed by atoms with Crippen LogP contribution >= 0.6 is 15.9 Å². The molecular weight excluding hydrogens is 332 g/mol. The lowest BCUT2D eigenvalue weighted by Gasteiger charge is -2.16. The molecule has 110 valence electrons. The Bertz CT molecular complexity index is 697. The Labute approximate surface area is 131 Å². The van der Waals surface area contributed by atoms with E-state index in [0.29, 0.717) is 0 Å². The van der Waals surface area contributed by atoms with Gasteiger partial charge in [-0.05, 0) is 41.0 Å². The summed E-state index contributed by atoms with van der Waals surface area (Å²) < 4.78 is 8.51.